The van der Waals surface area contributed by atoms with Gasteiger partial charge in [-0.25, -0.2) is 0 Å². The average Bonchev–Trinajstić information content (AvgIpc) is 2.63. The van der Waals surface area contributed by atoms with E-state index in [1.807, 2.05) is 0 Å². The van der Waals surface area contributed by atoms with E-state index in [0.29, 0.717) is 17.1 Å². The van der Waals surface area contributed by atoms with Gasteiger partial charge in [0.25, 0.3) is 0 Å². The third kappa shape index (κ3) is 6.38. The molecular formula is C20H22BrN3O4. The highest BCUT2D eigenvalue weighted by atomic mass is 79.9. The summed E-state index contributed by atoms with van der Waals surface area (Å²) in [5.74, 6) is -0.106. The lowest BCUT2D eigenvalue weighted by Crippen LogP contribution is -2.30. The SMILES string of the molecule is COc1ccc(C(CC(=O)Nc2cc(Br)ccc2NC(C)=O)NC(C)=O)cc1. The zero-order valence-corrected chi connectivity index (χ0v) is 17.4. The zero-order valence-electron chi connectivity index (χ0n) is 15.8. The van der Waals surface area contributed by atoms with Crippen molar-refractivity contribution in [1.29, 1.82) is 0 Å². The van der Waals surface area contributed by atoms with Gasteiger partial charge in [-0.15, -0.1) is 0 Å². The molecule has 0 aromatic heterocycles. The van der Waals surface area contributed by atoms with Crippen LogP contribution in [0.4, 0.5) is 11.4 Å². The van der Waals surface area contributed by atoms with Crippen molar-refractivity contribution in [2.45, 2.75) is 26.3 Å². The summed E-state index contributed by atoms with van der Waals surface area (Å²) in [5.41, 5.74) is 1.73. The lowest BCUT2D eigenvalue weighted by molar-refractivity contribution is -0.120. The quantitative estimate of drug-likeness (QED) is 0.603. The molecule has 0 fully saturated rings. The Kier molecular flexibility index (Phi) is 7.57. The van der Waals surface area contributed by atoms with E-state index in [9.17, 15) is 14.4 Å². The largest absolute Gasteiger partial charge is 0.497 e. The van der Waals surface area contributed by atoms with Gasteiger partial charge in [0, 0.05) is 18.3 Å². The molecule has 28 heavy (non-hydrogen) atoms. The fraction of sp³-hybridized carbons (Fsp3) is 0.250. The van der Waals surface area contributed by atoms with Crippen LogP contribution in [0, 0.1) is 0 Å². The van der Waals surface area contributed by atoms with Gasteiger partial charge in [-0.3, -0.25) is 14.4 Å². The molecule has 0 heterocycles. The zero-order chi connectivity index (χ0) is 20.7. The van der Waals surface area contributed by atoms with Gasteiger partial charge in [-0.2, -0.15) is 0 Å². The van der Waals surface area contributed by atoms with Crippen molar-refractivity contribution >= 4 is 45.0 Å². The van der Waals surface area contributed by atoms with Crippen molar-refractivity contribution in [3.8, 4) is 5.75 Å². The van der Waals surface area contributed by atoms with E-state index in [-0.39, 0.29) is 24.1 Å². The van der Waals surface area contributed by atoms with E-state index in [4.69, 9.17) is 4.74 Å². The van der Waals surface area contributed by atoms with Crippen LogP contribution in [-0.4, -0.2) is 24.8 Å². The first-order valence-corrected chi connectivity index (χ1v) is 9.36. The molecule has 0 saturated heterocycles. The molecule has 8 heteroatoms. The lowest BCUT2D eigenvalue weighted by atomic mass is 10.0. The normalized spacial score (nSPS) is 11.3. The van der Waals surface area contributed by atoms with Crippen LogP contribution in [0.25, 0.3) is 0 Å². The van der Waals surface area contributed by atoms with E-state index in [0.717, 1.165) is 10.0 Å². The molecule has 0 saturated carbocycles. The number of halogens is 1. The predicted octanol–water partition coefficient (Wildman–Crippen LogP) is 3.62. The van der Waals surface area contributed by atoms with Crippen LogP contribution >= 0.6 is 15.9 Å². The summed E-state index contributed by atoms with van der Waals surface area (Å²) in [6.07, 6.45) is 0.0257. The van der Waals surface area contributed by atoms with Crippen LogP contribution in [-0.2, 0) is 14.4 Å². The van der Waals surface area contributed by atoms with Crippen LogP contribution in [0.2, 0.25) is 0 Å². The molecule has 3 N–H and O–H groups in total. The summed E-state index contributed by atoms with van der Waals surface area (Å²) in [4.78, 5) is 35.6. The summed E-state index contributed by atoms with van der Waals surface area (Å²) >= 11 is 3.35. The molecule has 2 aromatic carbocycles. The first-order chi connectivity index (χ1) is 13.3. The van der Waals surface area contributed by atoms with E-state index < -0.39 is 6.04 Å². The maximum atomic E-state index is 12.6. The minimum absolute atomic E-state index is 0.0257. The molecule has 3 amide bonds. The van der Waals surface area contributed by atoms with Gasteiger partial charge in [0.2, 0.25) is 17.7 Å². The Bertz CT molecular complexity index is 868. The molecule has 0 bridgehead atoms. The number of hydrogen-bond donors (Lipinski definition) is 3. The summed E-state index contributed by atoms with van der Waals surface area (Å²) in [6, 6.07) is 11.8. The number of carbonyl (C=O) groups is 3. The number of rotatable bonds is 7. The van der Waals surface area contributed by atoms with Crippen LogP contribution < -0.4 is 20.7 Å². The summed E-state index contributed by atoms with van der Waals surface area (Å²) in [6.45, 7) is 2.79. The van der Waals surface area contributed by atoms with E-state index in [2.05, 4.69) is 31.9 Å². The number of amides is 3. The van der Waals surface area contributed by atoms with Gasteiger partial charge in [-0.1, -0.05) is 28.1 Å². The molecule has 2 aromatic rings. The Hall–Kier alpha value is -2.87. The smallest absolute Gasteiger partial charge is 0.226 e. The van der Waals surface area contributed by atoms with Gasteiger partial charge < -0.3 is 20.7 Å². The Morgan fingerprint density at radius 1 is 0.964 bits per heavy atom. The van der Waals surface area contributed by atoms with Crippen LogP contribution in [0.3, 0.4) is 0 Å². The number of methoxy groups -OCH3 is 1. The van der Waals surface area contributed by atoms with Gasteiger partial charge in [-0.05, 0) is 35.9 Å². The second-order valence-corrected chi connectivity index (χ2v) is 7.07. The van der Waals surface area contributed by atoms with Crippen LogP contribution in [0.15, 0.2) is 46.9 Å². The van der Waals surface area contributed by atoms with E-state index in [1.165, 1.54) is 13.8 Å². The number of nitrogens with one attached hydrogen (secondary N) is 3. The number of benzene rings is 2. The fourth-order valence-corrected chi connectivity index (χ4v) is 3.00. The van der Waals surface area contributed by atoms with E-state index in [1.54, 1.807) is 49.6 Å². The second kappa shape index (κ2) is 9.89. The highest BCUT2D eigenvalue weighted by molar-refractivity contribution is 9.10. The summed E-state index contributed by atoms with van der Waals surface area (Å²) < 4.78 is 5.90. The predicted molar refractivity (Wildman–Crippen MR) is 111 cm³/mol. The molecule has 0 radical (unpaired) electrons. The van der Waals surface area contributed by atoms with Crippen molar-refractivity contribution < 1.29 is 19.1 Å². The summed E-state index contributed by atoms with van der Waals surface area (Å²) in [5, 5.41) is 8.26. The maximum absolute atomic E-state index is 12.6. The maximum Gasteiger partial charge on any atom is 0.226 e. The highest BCUT2D eigenvalue weighted by Gasteiger charge is 2.18. The molecule has 0 spiro atoms. The molecule has 0 aliphatic heterocycles. The Morgan fingerprint density at radius 3 is 2.21 bits per heavy atom. The molecule has 0 aliphatic rings. The van der Waals surface area contributed by atoms with Crippen LogP contribution in [0.1, 0.15) is 31.9 Å². The third-order valence-electron chi connectivity index (χ3n) is 3.85. The van der Waals surface area contributed by atoms with Crippen molar-refractivity contribution in [2.75, 3.05) is 17.7 Å². The fourth-order valence-electron chi connectivity index (χ4n) is 2.64. The minimum Gasteiger partial charge on any atom is -0.497 e. The second-order valence-electron chi connectivity index (χ2n) is 6.15. The average molecular weight is 448 g/mol. The monoisotopic (exact) mass is 447 g/mol. The van der Waals surface area contributed by atoms with Crippen molar-refractivity contribution in [3.63, 3.8) is 0 Å². The third-order valence-corrected chi connectivity index (χ3v) is 4.34. The topological polar surface area (TPSA) is 96.5 Å². The molecule has 2 rings (SSSR count). The Balaban J connectivity index is 2.18. The van der Waals surface area contributed by atoms with Gasteiger partial charge in [0.15, 0.2) is 0 Å². The van der Waals surface area contributed by atoms with Crippen LogP contribution in [0.5, 0.6) is 5.75 Å². The minimum atomic E-state index is -0.500. The number of carbonyl (C=O) groups excluding carboxylic acids is 3. The Morgan fingerprint density at radius 2 is 1.64 bits per heavy atom. The molecular weight excluding hydrogens is 426 g/mol. The number of anilines is 2. The van der Waals surface area contributed by atoms with Crippen molar-refractivity contribution in [2.24, 2.45) is 0 Å². The summed E-state index contributed by atoms with van der Waals surface area (Å²) in [7, 11) is 1.57. The van der Waals surface area contributed by atoms with Gasteiger partial charge in [0.05, 0.1) is 30.9 Å². The number of ether oxygens (including phenoxy) is 1. The van der Waals surface area contributed by atoms with Crippen molar-refractivity contribution in [1.82, 2.24) is 5.32 Å². The lowest BCUT2D eigenvalue weighted by Gasteiger charge is -2.19. The molecule has 1 atom stereocenters. The van der Waals surface area contributed by atoms with E-state index >= 15 is 0 Å². The molecule has 7 nitrogen and oxygen atoms in total. The molecule has 1 unspecified atom stereocenters. The molecule has 148 valence electrons. The standard InChI is InChI=1S/C20H22BrN3O4/c1-12(25)22-17-9-6-15(21)10-19(17)24-20(27)11-18(23-13(2)26)14-4-7-16(28-3)8-5-14/h4-10,18H,11H2,1-3H3,(H,22,25)(H,23,26)(H,24,27). The molecule has 0 aliphatic carbocycles. The van der Waals surface area contributed by atoms with Gasteiger partial charge >= 0.3 is 0 Å². The van der Waals surface area contributed by atoms with Gasteiger partial charge in [0.1, 0.15) is 5.75 Å². The highest BCUT2D eigenvalue weighted by Crippen LogP contribution is 2.27. The van der Waals surface area contributed by atoms with Crippen molar-refractivity contribution in [3.05, 3.63) is 52.5 Å². The Labute approximate surface area is 172 Å². The first kappa shape index (κ1) is 21.4. The first-order valence-electron chi connectivity index (χ1n) is 8.56. The number of hydrogen-bond acceptors (Lipinski definition) is 4.